The van der Waals surface area contributed by atoms with Gasteiger partial charge in [-0.15, -0.1) is 0 Å². The van der Waals surface area contributed by atoms with Crippen molar-refractivity contribution in [3.63, 3.8) is 0 Å². The molecule has 0 spiro atoms. The molecular formula is C22H34N2O6S3. The molecule has 0 heterocycles. The molecule has 1 unspecified atom stereocenters. The van der Waals surface area contributed by atoms with Crippen LogP contribution >= 0.6 is 33.3 Å². The molecule has 1 aromatic carbocycles. The van der Waals surface area contributed by atoms with Crippen molar-refractivity contribution in [3.05, 3.63) is 35.9 Å². The van der Waals surface area contributed by atoms with Crippen LogP contribution in [0.15, 0.2) is 30.3 Å². The molecule has 3 N–H and O–H groups in total. The fourth-order valence-corrected chi connectivity index (χ4v) is 5.69. The van der Waals surface area contributed by atoms with Gasteiger partial charge in [0, 0.05) is 24.5 Å². The van der Waals surface area contributed by atoms with E-state index in [0.717, 1.165) is 23.5 Å². The van der Waals surface area contributed by atoms with E-state index in [4.69, 9.17) is 15.2 Å². The number of carbonyl (C=O) groups is 3. The van der Waals surface area contributed by atoms with Gasteiger partial charge in [-0.25, -0.2) is 4.79 Å². The van der Waals surface area contributed by atoms with Crippen LogP contribution in [0.25, 0.3) is 0 Å². The number of rotatable bonds is 16. The molecule has 8 nitrogen and oxygen atoms in total. The molecule has 1 amide bonds. The van der Waals surface area contributed by atoms with Gasteiger partial charge >= 0.3 is 12.1 Å². The Hall–Kier alpha value is -1.56. The fourth-order valence-electron chi connectivity index (χ4n) is 2.59. The van der Waals surface area contributed by atoms with Crippen LogP contribution in [-0.4, -0.2) is 67.0 Å². The molecule has 0 fully saturated rings. The number of ether oxygens (including phenoxy) is 3. The Morgan fingerprint density at radius 2 is 1.79 bits per heavy atom. The van der Waals surface area contributed by atoms with Crippen molar-refractivity contribution >= 4 is 51.4 Å². The lowest BCUT2D eigenvalue weighted by Crippen LogP contribution is -2.38. The van der Waals surface area contributed by atoms with Gasteiger partial charge in [0.05, 0.1) is 12.5 Å². The zero-order valence-corrected chi connectivity index (χ0v) is 21.8. The Balaban J connectivity index is 2.52. The highest BCUT2D eigenvalue weighted by molar-refractivity contribution is 8.76. The first-order valence-corrected chi connectivity index (χ1v) is 14.6. The van der Waals surface area contributed by atoms with Crippen LogP contribution in [0.4, 0.5) is 4.79 Å². The van der Waals surface area contributed by atoms with E-state index in [1.54, 1.807) is 40.3 Å². The predicted octanol–water partition coefficient (Wildman–Crippen LogP) is 3.49. The molecule has 0 aliphatic rings. The van der Waals surface area contributed by atoms with Crippen molar-refractivity contribution in [2.75, 3.05) is 36.7 Å². The molecule has 11 heteroatoms. The summed E-state index contributed by atoms with van der Waals surface area (Å²) in [4.78, 5) is 36.1. The molecule has 33 heavy (non-hydrogen) atoms. The molecule has 0 bridgehead atoms. The van der Waals surface area contributed by atoms with E-state index in [1.807, 2.05) is 30.3 Å². The first-order valence-electron chi connectivity index (χ1n) is 10.7. The topological polar surface area (TPSA) is 117 Å². The summed E-state index contributed by atoms with van der Waals surface area (Å²) in [6.07, 6.45) is 1.54. The SMILES string of the molecule is CCOC(=O)OC(C)OC(=O)CNC(=O)[C@@H](CSSC[C@@H](N)CCSC)Cc1ccccc1. The average molecular weight is 519 g/mol. The van der Waals surface area contributed by atoms with Gasteiger partial charge in [0.15, 0.2) is 0 Å². The van der Waals surface area contributed by atoms with E-state index >= 15 is 0 Å². The maximum Gasteiger partial charge on any atom is 0.511 e. The summed E-state index contributed by atoms with van der Waals surface area (Å²) in [6, 6.07) is 9.86. The zero-order valence-electron chi connectivity index (χ0n) is 19.3. The van der Waals surface area contributed by atoms with Crippen LogP contribution in [-0.2, 0) is 30.2 Å². The number of benzene rings is 1. The van der Waals surface area contributed by atoms with E-state index in [9.17, 15) is 14.4 Å². The second-order valence-corrected chi connectivity index (χ2v) is 10.6. The normalized spacial score (nSPS) is 13.5. The van der Waals surface area contributed by atoms with Gasteiger partial charge in [0.1, 0.15) is 6.54 Å². The summed E-state index contributed by atoms with van der Waals surface area (Å²) >= 11 is 1.78. The van der Waals surface area contributed by atoms with Gasteiger partial charge < -0.3 is 25.3 Å². The van der Waals surface area contributed by atoms with Crippen molar-refractivity contribution < 1.29 is 28.6 Å². The van der Waals surface area contributed by atoms with Crippen LogP contribution in [0.5, 0.6) is 0 Å². The molecule has 186 valence electrons. The average Bonchev–Trinajstić information content (AvgIpc) is 2.78. The van der Waals surface area contributed by atoms with Crippen LogP contribution in [0.1, 0.15) is 25.8 Å². The van der Waals surface area contributed by atoms with Gasteiger partial charge in [-0.3, -0.25) is 9.59 Å². The second-order valence-electron chi connectivity index (χ2n) is 7.07. The van der Waals surface area contributed by atoms with Gasteiger partial charge in [-0.05, 0) is 37.3 Å². The van der Waals surface area contributed by atoms with E-state index in [0.29, 0.717) is 12.2 Å². The van der Waals surface area contributed by atoms with Crippen molar-refractivity contribution in [2.24, 2.45) is 11.7 Å². The number of nitrogens with two attached hydrogens (primary N) is 1. The molecule has 0 radical (unpaired) electrons. The number of amides is 1. The van der Waals surface area contributed by atoms with Gasteiger partial charge in [-0.1, -0.05) is 51.9 Å². The Labute approximate surface area is 208 Å². The largest absolute Gasteiger partial charge is 0.511 e. The maximum atomic E-state index is 12.8. The first kappa shape index (κ1) is 29.5. The summed E-state index contributed by atoms with van der Waals surface area (Å²) in [5, 5.41) is 2.63. The van der Waals surface area contributed by atoms with Crippen LogP contribution in [0.3, 0.4) is 0 Å². The first-order chi connectivity index (χ1) is 15.8. The van der Waals surface area contributed by atoms with E-state index < -0.39 is 18.4 Å². The molecule has 1 rings (SSSR count). The summed E-state index contributed by atoms with van der Waals surface area (Å²) in [5.41, 5.74) is 7.15. The van der Waals surface area contributed by atoms with Crippen LogP contribution in [0, 0.1) is 5.92 Å². The highest BCUT2D eigenvalue weighted by Crippen LogP contribution is 2.26. The second kappa shape index (κ2) is 17.9. The van der Waals surface area contributed by atoms with Gasteiger partial charge in [0.25, 0.3) is 0 Å². The third-order valence-electron chi connectivity index (χ3n) is 4.25. The van der Waals surface area contributed by atoms with Crippen molar-refractivity contribution in [3.8, 4) is 0 Å². The lowest BCUT2D eigenvalue weighted by molar-refractivity contribution is -0.167. The van der Waals surface area contributed by atoms with E-state index in [2.05, 4.69) is 16.3 Å². The van der Waals surface area contributed by atoms with Crippen molar-refractivity contribution in [1.82, 2.24) is 5.32 Å². The fraction of sp³-hybridized carbons (Fsp3) is 0.591. The Kier molecular flexibility index (Phi) is 15.9. The number of thioether (sulfide) groups is 1. The molecule has 0 aliphatic carbocycles. The number of hydrogen-bond donors (Lipinski definition) is 2. The third kappa shape index (κ3) is 14.3. The highest BCUT2D eigenvalue weighted by Gasteiger charge is 2.21. The van der Waals surface area contributed by atoms with Crippen LogP contribution in [0.2, 0.25) is 0 Å². The monoisotopic (exact) mass is 518 g/mol. The Bertz CT molecular complexity index is 711. The minimum Gasteiger partial charge on any atom is -0.435 e. The zero-order chi connectivity index (χ0) is 24.5. The predicted molar refractivity (Wildman–Crippen MR) is 136 cm³/mol. The standard InChI is InChI=1S/C22H34N2O6S3/c1-4-28-22(27)30-16(2)29-20(25)13-24-21(26)18(12-17-8-6-5-7-9-17)14-32-33-15-19(23)10-11-31-3/h5-9,16,18-19H,4,10-15,23H2,1-3H3,(H,24,26)/t16?,18-,19+/m1/s1. The van der Waals surface area contributed by atoms with E-state index in [1.165, 1.54) is 6.92 Å². The lowest BCUT2D eigenvalue weighted by atomic mass is 10.0. The van der Waals surface area contributed by atoms with Crippen molar-refractivity contribution in [2.45, 2.75) is 39.0 Å². The summed E-state index contributed by atoms with van der Waals surface area (Å²) in [7, 11) is 3.27. The highest BCUT2D eigenvalue weighted by atomic mass is 33.1. The Morgan fingerprint density at radius 3 is 2.45 bits per heavy atom. The third-order valence-corrected chi connectivity index (χ3v) is 7.48. The van der Waals surface area contributed by atoms with Gasteiger partial charge in [-0.2, -0.15) is 11.8 Å². The molecule has 3 atom stereocenters. The summed E-state index contributed by atoms with van der Waals surface area (Å²) < 4.78 is 14.4. The minimum absolute atomic E-state index is 0.130. The Morgan fingerprint density at radius 1 is 1.09 bits per heavy atom. The lowest BCUT2D eigenvalue weighted by Gasteiger charge is -2.18. The molecule has 0 saturated carbocycles. The maximum absolute atomic E-state index is 12.8. The quantitative estimate of drug-likeness (QED) is 0.146. The smallest absolute Gasteiger partial charge is 0.435 e. The summed E-state index contributed by atoms with van der Waals surface area (Å²) in [5.74, 6) is 1.15. The summed E-state index contributed by atoms with van der Waals surface area (Å²) in [6.45, 7) is 2.86. The van der Waals surface area contributed by atoms with Crippen molar-refractivity contribution in [1.29, 1.82) is 0 Å². The number of nitrogens with one attached hydrogen (secondary N) is 1. The number of hydrogen-bond acceptors (Lipinski definition) is 10. The molecule has 1 aromatic rings. The van der Waals surface area contributed by atoms with Gasteiger partial charge in [0.2, 0.25) is 12.2 Å². The molecular weight excluding hydrogens is 484 g/mol. The number of esters is 1. The molecule has 0 aliphatic heterocycles. The van der Waals surface area contributed by atoms with Crippen LogP contribution < -0.4 is 11.1 Å². The minimum atomic E-state index is -1.11. The molecule has 0 aromatic heterocycles. The number of carbonyl (C=O) groups excluding carboxylic acids is 3. The van der Waals surface area contributed by atoms with E-state index in [-0.39, 0.29) is 31.0 Å². The molecule has 0 saturated heterocycles.